The molecule has 28 heavy (non-hydrogen) atoms. The van der Waals surface area contributed by atoms with Gasteiger partial charge in [-0.15, -0.1) is 0 Å². The number of aromatic nitrogens is 2. The fourth-order valence-corrected chi connectivity index (χ4v) is 4.77. The lowest BCUT2D eigenvalue weighted by molar-refractivity contribution is 0.102. The Hall–Kier alpha value is -3.04. The molecule has 3 aromatic rings. The number of H-pyrrole nitrogens is 1. The van der Waals surface area contributed by atoms with Crippen molar-refractivity contribution < 1.29 is 17.6 Å². The third-order valence-corrected chi connectivity index (χ3v) is 6.60. The zero-order valence-electron chi connectivity index (χ0n) is 14.9. The Balaban J connectivity index is 1.57. The summed E-state index contributed by atoms with van der Waals surface area (Å²) >= 11 is 0. The van der Waals surface area contributed by atoms with Crippen molar-refractivity contribution in [2.45, 2.75) is 24.9 Å². The van der Waals surface area contributed by atoms with E-state index >= 15 is 0 Å². The van der Waals surface area contributed by atoms with E-state index in [1.807, 2.05) is 0 Å². The van der Waals surface area contributed by atoms with Crippen molar-refractivity contribution in [2.75, 3.05) is 5.32 Å². The first-order valence-electron chi connectivity index (χ1n) is 8.55. The third kappa shape index (κ3) is 3.19. The fourth-order valence-electron chi connectivity index (χ4n) is 3.18. The smallest absolute Gasteiger partial charge is 0.256 e. The first kappa shape index (κ1) is 18.3. The molecule has 0 aliphatic carbocycles. The Morgan fingerprint density at radius 2 is 1.96 bits per heavy atom. The van der Waals surface area contributed by atoms with Crippen LogP contribution in [0.3, 0.4) is 0 Å². The van der Waals surface area contributed by atoms with Crippen LogP contribution in [0.5, 0.6) is 0 Å². The molecule has 144 valence electrons. The Morgan fingerprint density at radius 3 is 2.71 bits per heavy atom. The van der Waals surface area contributed by atoms with E-state index in [4.69, 9.17) is 0 Å². The van der Waals surface area contributed by atoms with Crippen molar-refractivity contribution in [1.29, 1.82) is 0 Å². The van der Waals surface area contributed by atoms with Crippen LogP contribution in [0.1, 0.15) is 27.2 Å². The average Bonchev–Trinajstić information content (AvgIpc) is 3.24. The molecule has 2 aromatic carbocycles. The fraction of sp³-hybridized carbons (Fsp3) is 0.158. The van der Waals surface area contributed by atoms with Crippen molar-refractivity contribution in [1.82, 2.24) is 14.5 Å². The normalized spacial score (nSPS) is 14.1. The maximum Gasteiger partial charge on any atom is 0.256 e. The number of rotatable bonds is 4. The number of fused-ring (bicyclic) bond motifs is 1. The maximum absolute atomic E-state index is 13.3. The second-order valence-corrected chi connectivity index (χ2v) is 8.43. The predicted molar refractivity (Wildman–Crippen MR) is 101 cm³/mol. The van der Waals surface area contributed by atoms with Gasteiger partial charge in [0.25, 0.3) is 5.91 Å². The first-order valence-corrected chi connectivity index (χ1v) is 9.99. The Labute approximate surface area is 161 Å². The van der Waals surface area contributed by atoms with Gasteiger partial charge in [0.2, 0.25) is 10.0 Å². The standard InChI is InChI=1S/C19H17FN4O3S/c1-12-5-2-3-8-17(12)28(26,27)24-10-15-16(11-24)22-23-18(15)21-19(25)13-6-4-7-14(20)9-13/h2-9H,10-11H2,1H3,(H2,21,22,23,25). The van der Waals surface area contributed by atoms with Gasteiger partial charge in [-0.05, 0) is 36.8 Å². The SMILES string of the molecule is Cc1ccccc1S(=O)(=O)N1Cc2n[nH]c(NC(=O)c3cccc(F)c3)c2C1. The molecule has 0 radical (unpaired) electrons. The molecule has 1 aromatic heterocycles. The summed E-state index contributed by atoms with van der Waals surface area (Å²) in [5.41, 5.74) is 1.97. The molecule has 1 amide bonds. The molecule has 0 saturated carbocycles. The van der Waals surface area contributed by atoms with Crippen LogP contribution in [0.4, 0.5) is 10.2 Å². The molecule has 2 heterocycles. The topological polar surface area (TPSA) is 95.2 Å². The number of halogens is 1. The molecular weight excluding hydrogens is 383 g/mol. The molecule has 4 rings (SSSR count). The van der Waals surface area contributed by atoms with Gasteiger partial charge in [0.15, 0.2) is 0 Å². The van der Waals surface area contributed by atoms with E-state index in [1.165, 1.54) is 22.5 Å². The van der Waals surface area contributed by atoms with Crippen LogP contribution in [0.25, 0.3) is 0 Å². The number of hydrogen-bond acceptors (Lipinski definition) is 4. The van der Waals surface area contributed by atoms with E-state index in [-0.39, 0.29) is 23.5 Å². The van der Waals surface area contributed by atoms with E-state index in [0.29, 0.717) is 22.6 Å². The van der Waals surface area contributed by atoms with Gasteiger partial charge in [0, 0.05) is 17.7 Å². The number of amides is 1. The van der Waals surface area contributed by atoms with Crippen molar-refractivity contribution in [3.8, 4) is 0 Å². The van der Waals surface area contributed by atoms with Gasteiger partial charge >= 0.3 is 0 Å². The minimum Gasteiger partial charge on any atom is -0.307 e. The van der Waals surface area contributed by atoms with E-state index in [9.17, 15) is 17.6 Å². The molecule has 0 unspecified atom stereocenters. The van der Waals surface area contributed by atoms with Crippen LogP contribution in [-0.4, -0.2) is 28.8 Å². The Bertz CT molecular complexity index is 1170. The molecule has 9 heteroatoms. The highest BCUT2D eigenvalue weighted by Gasteiger charge is 2.35. The molecule has 0 spiro atoms. The van der Waals surface area contributed by atoms with Crippen LogP contribution in [-0.2, 0) is 23.1 Å². The summed E-state index contributed by atoms with van der Waals surface area (Å²) in [7, 11) is -3.69. The number of nitrogens with zero attached hydrogens (tertiary/aromatic N) is 2. The van der Waals surface area contributed by atoms with Gasteiger partial charge in [0.05, 0.1) is 17.1 Å². The Morgan fingerprint density at radius 1 is 1.18 bits per heavy atom. The van der Waals surface area contributed by atoms with E-state index < -0.39 is 21.7 Å². The lowest BCUT2D eigenvalue weighted by Gasteiger charge is -2.17. The second kappa shape index (κ2) is 6.84. The van der Waals surface area contributed by atoms with Gasteiger partial charge in [-0.2, -0.15) is 9.40 Å². The lowest BCUT2D eigenvalue weighted by Crippen LogP contribution is -2.27. The zero-order valence-corrected chi connectivity index (χ0v) is 15.8. The largest absolute Gasteiger partial charge is 0.307 e. The highest BCUT2D eigenvalue weighted by atomic mass is 32.2. The quantitative estimate of drug-likeness (QED) is 0.704. The summed E-state index contributed by atoms with van der Waals surface area (Å²) in [5, 5.41) is 9.48. The van der Waals surface area contributed by atoms with Gasteiger partial charge < -0.3 is 5.32 Å². The number of carbonyl (C=O) groups is 1. The van der Waals surface area contributed by atoms with Gasteiger partial charge in [0.1, 0.15) is 11.6 Å². The minimum absolute atomic E-state index is 0.0846. The number of hydrogen-bond donors (Lipinski definition) is 2. The van der Waals surface area contributed by atoms with Crippen LogP contribution < -0.4 is 5.32 Å². The molecule has 0 saturated heterocycles. The molecule has 1 aliphatic rings. The number of anilines is 1. The van der Waals surface area contributed by atoms with Crippen molar-refractivity contribution >= 4 is 21.7 Å². The highest BCUT2D eigenvalue weighted by Crippen LogP contribution is 2.32. The number of aryl methyl sites for hydroxylation is 1. The van der Waals surface area contributed by atoms with Crippen LogP contribution in [0.15, 0.2) is 53.4 Å². The summed E-state index contributed by atoms with van der Waals surface area (Å²) < 4.78 is 40.6. The van der Waals surface area contributed by atoms with Crippen molar-refractivity contribution in [3.63, 3.8) is 0 Å². The monoisotopic (exact) mass is 400 g/mol. The molecule has 2 N–H and O–H groups in total. The Kier molecular flexibility index (Phi) is 4.48. The predicted octanol–water partition coefficient (Wildman–Crippen LogP) is 2.81. The summed E-state index contributed by atoms with van der Waals surface area (Å²) in [4.78, 5) is 12.6. The lowest BCUT2D eigenvalue weighted by atomic mass is 10.2. The van der Waals surface area contributed by atoms with Crippen molar-refractivity contribution in [3.05, 3.63) is 76.7 Å². The molecule has 0 atom stereocenters. The molecule has 0 bridgehead atoms. The van der Waals surface area contributed by atoms with E-state index in [0.717, 1.165) is 6.07 Å². The van der Waals surface area contributed by atoms with Crippen molar-refractivity contribution in [2.24, 2.45) is 0 Å². The number of carbonyl (C=O) groups excluding carboxylic acids is 1. The maximum atomic E-state index is 13.3. The number of benzene rings is 2. The summed E-state index contributed by atoms with van der Waals surface area (Å²) in [6.07, 6.45) is 0. The minimum atomic E-state index is -3.69. The first-order chi connectivity index (χ1) is 13.4. The molecule has 0 fully saturated rings. The summed E-state index contributed by atoms with van der Waals surface area (Å²) in [6.45, 7) is 1.94. The summed E-state index contributed by atoms with van der Waals surface area (Å²) in [6, 6.07) is 12.1. The zero-order chi connectivity index (χ0) is 19.9. The molecule has 1 aliphatic heterocycles. The highest BCUT2D eigenvalue weighted by molar-refractivity contribution is 7.89. The summed E-state index contributed by atoms with van der Waals surface area (Å²) in [5.74, 6) is -0.712. The molecular formula is C19H17FN4O3S. The molecule has 7 nitrogen and oxygen atoms in total. The number of nitrogens with one attached hydrogen (secondary N) is 2. The van der Waals surface area contributed by atoms with Gasteiger partial charge in [-0.25, -0.2) is 12.8 Å². The second-order valence-electron chi connectivity index (χ2n) is 6.53. The van der Waals surface area contributed by atoms with Crippen LogP contribution in [0.2, 0.25) is 0 Å². The third-order valence-electron chi connectivity index (χ3n) is 4.65. The van der Waals surface area contributed by atoms with Gasteiger partial charge in [-0.1, -0.05) is 24.3 Å². The number of aromatic amines is 1. The van der Waals surface area contributed by atoms with E-state index in [2.05, 4.69) is 15.5 Å². The number of sulfonamides is 1. The average molecular weight is 400 g/mol. The van der Waals surface area contributed by atoms with Crippen LogP contribution in [0, 0.1) is 12.7 Å². The van der Waals surface area contributed by atoms with Crippen LogP contribution >= 0.6 is 0 Å². The van der Waals surface area contributed by atoms with Gasteiger partial charge in [-0.3, -0.25) is 9.89 Å². The van der Waals surface area contributed by atoms with E-state index in [1.54, 1.807) is 31.2 Å².